The molecule has 0 saturated carbocycles. The van der Waals surface area contributed by atoms with E-state index in [1.807, 2.05) is 19.2 Å². The average molecular weight is 241 g/mol. The predicted octanol–water partition coefficient (Wildman–Crippen LogP) is 0.765. The van der Waals surface area contributed by atoms with E-state index in [0.717, 1.165) is 22.5 Å². The van der Waals surface area contributed by atoms with Crippen molar-refractivity contribution in [3.05, 3.63) is 36.5 Å². The van der Waals surface area contributed by atoms with Crippen LogP contribution in [0.25, 0.3) is 11.0 Å². The molecular formula is C11H11N7. The van der Waals surface area contributed by atoms with E-state index >= 15 is 0 Å². The van der Waals surface area contributed by atoms with Crippen molar-refractivity contribution in [2.45, 2.75) is 6.54 Å². The van der Waals surface area contributed by atoms with Crippen molar-refractivity contribution in [2.75, 3.05) is 5.32 Å². The third-order valence-corrected chi connectivity index (χ3v) is 2.59. The standard InChI is InChI=1S/C11H11N7/c1-18-11-9(6-16-18)10(13-7-14-11)12-5-8-3-2-4-15-17-8/h2-4,6-7H,5H2,1H3,(H,12,13,14). The van der Waals surface area contributed by atoms with Crippen LogP contribution in [0.4, 0.5) is 5.82 Å². The van der Waals surface area contributed by atoms with Crippen molar-refractivity contribution in [3.8, 4) is 0 Å². The summed E-state index contributed by atoms with van der Waals surface area (Å²) in [7, 11) is 1.85. The van der Waals surface area contributed by atoms with Crippen molar-refractivity contribution in [1.82, 2.24) is 29.9 Å². The van der Waals surface area contributed by atoms with Crippen molar-refractivity contribution in [3.63, 3.8) is 0 Å². The molecule has 90 valence electrons. The first-order valence-corrected chi connectivity index (χ1v) is 5.48. The smallest absolute Gasteiger partial charge is 0.163 e. The van der Waals surface area contributed by atoms with Gasteiger partial charge in [0.05, 0.1) is 23.8 Å². The molecule has 1 N–H and O–H groups in total. The van der Waals surface area contributed by atoms with Crippen molar-refractivity contribution < 1.29 is 0 Å². The van der Waals surface area contributed by atoms with Gasteiger partial charge in [-0.25, -0.2) is 9.97 Å². The number of aryl methyl sites for hydroxylation is 1. The second-order valence-electron chi connectivity index (χ2n) is 3.80. The first-order chi connectivity index (χ1) is 8.84. The first-order valence-electron chi connectivity index (χ1n) is 5.48. The normalized spacial score (nSPS) is 10.7. The van der Waals surface area contributed by atoms with Crippen LogP contribution < -0.4 is 5.32 Å². The van der Waals surface area contributed by atoms with E-state index in [0.29, 0.717) is 6.54 Å². The molecule has 3 aromatic heterocycles. The van der Waals surface area contributed by atoms with Gasteiger partial charge in [0.1, 0.15) is 12.1 Å². The molecule has 7 heteroatoms. The fraction of sp³-hybridized carbons (Fsp3) is 0.182. The highest BCUT2D eigenvalue weighted by Gasteiger charge is 2.07. The zero-order chi connectivity index (χ0) is 12.4. The number of fused-ring (bicyclic) bond motifs is 1. The topological polar surface area (TPSA) is 81.4 Å². The summed E-state index contributed by atoms with van der Waals surface area (Å²) < 4.78 is 1.71. The Balaban J connectivity index is 1.87. The van der Waals surface area contributed by atoms with Gasteiger partial charge in [-0.3, -0.25) is 4.68 Å². The van der Waals surface area contributed by atoms with Crippen molar-refractivity contribution in [1.29, 1.82) is 0 Å². The summed E-state index contributed by atoms with van der Waals surface area (Å²) in [4.78, 5) is 8.39. The van der Waals surface area contributed by atoms with Crippen LogP contribution in [0.15, 0.2) is 30.9 Å². The summed E-state index contributed by atoms with van der Waals surface area (Å²) in [6.45, 7) is 0.564. The van der Waals surface area contributed by atoms with Crippen LogP contribution in [0, 0.1) is 0 Å². The average Bonchev–Trinajstić information content (AvgIpc) is 2.80. The molecule has 0 atom stereocenters. The molecule has 0 aromatic carbocycles. The lowest BCUT2D eigenvalue weighted by Crippen LogP contribution is -2.04. The van der Waals surface area contributed by atoms with Crippen molar-refractivity contribution in [2.24, 2.45) is 7.05 Å². The molecule has 0 aliphatic carbocycles. The second kappa shape index (κ2) is 4.36. The summed E-state index contributed by atoms with van der Waals surface area (Å²) in [5, 5.41) is 16.1. The Kier molecular flexibility index (Phi) is 2.56. The highest BCUT2D eigenvalue weighted by molar-refractivity contribution is 5.85. The lowest BCUT2D eigenvalue weighted by atomic mass is 10.3. The van der Waals surface area contributed by atoms with Gasteiger partial charge in [0.2, 0.25) is 0 Å². The Morgan fingerprint density at radius 1 is 1.33 bits per heavy atom. The van der Waals surface area contributed by atoms with E-state index in [1.54, 1.807) is 17.1 Å². The van der Waals surface area contributed by atoms with E-state index in [4.69, 9.17) is 0 Å². The van der Waals surface area contributed by atoms with Gasteiger partial charge < -0.3 is 5.32 Å². The third-order valence-electron chi connectivity index (χ3n) is 2.59. The zero-order valence-electron chi connectivity index (χ0n) is 9.78. The molecule has 18 heavy (non-hydrogen) atoms. The van der Waals surface area contributed by atoms with Gasteiger partial charge in [-0.15, -0.1) is 0 Å². The molecular weight excluding hydrogens is 230 g/mol. The highest BCUT2D eigenvalue weighted by Crippen LogP contribution is 2.17. The molecule has 3 heterocycles. The number of aromatic nitrogens is 6. The maximum Gasteiger partial charge on any atom is 0.163 e. The number of nitrogens with one attached hydrogen (secondary N) is 1. The molecule has 0 unspecified atom stereocenters. The summed E-state index contributed by atoms with van der Waals surface area (Å²) in [6, 6.07) is 3.76. The fourth-order valence-electron chi connectivity index (χ4n) is 1.70. The Morgan fingerprint density at radius 3 is 3.11 bits per heavy atom. The maximum absolute atomic E-state index is 4.21. The van der Waals surface area contributed by atoms with Crippen LogP contribution in [0.1, 0.15) is 5.69 Å². The Hall–Kier alpha value is -2.57. The van der Waals surface area contributed by atoms with Gasteiger partial charge in [0.25, 0.3) is 0 Å². The number of hydrogen-bond acceptors (Lipinski definition) is 6. The van der Waals surface area contributed by atoms with E-state index in [2.05, 4.69) is 30.6 Å². The molecule has 0 fully saturated rings. The summed E-state index contributed by atoms with van der Waals surface area (Å²) >= 11 is 0. The monoisotopic (exact) mass is 241 g/mol. The zero-order valence-corrected chi connectivity index (χ0v) is 9.78. The molecule has 0 saturated heterocycles. The molecule has 0 radical (unpaired) electrons. The molecule has 0 bridgehead atoms. The van der Waals surface area contributed by atoms with Gasteiger partial charge in [0, 0.05) is 13.2 Å². The highest BCUT2D eigenvalue weighted by atomic mass is 15.3. The predicted molar refractivity (Wildman–Crippen MR) is 65.7 cm³/mol. The summed E-state index contributed by atoms with van der Waals surface area (Å²) in [5.41, 5.74) is 1.65. The van der Waals surface area contributed by atoms with Crippen LogP contribution in [0.2, 0.25) is 0 Å². The minimum absolute atomic E-state index is 0.564. The maximum atomic E-state index is 4.21. The SMILES string of the molecule is Cn1ncc2c(NCc3cccnn3)ncnc21. The number of anilines is 1. The number of hydrogen-bond donors (Lipinski definition) is 1. The fourth-order valence-corrected chi connectivity index (χ4v) is 1.70. The van der Waals surface area contributed by atoms with E-state index < -0.39 is 0 Å². The third kappa shape index (κ3) is 1.86. The van der Waals surface area contributed by atoms with Gasteiger partial charge >= 0.3 is 0 Å². The molecule has 7 nitrogen and oxygen atoms in total. The summed E-state index contributed by atoms with van der Waals surface area (Å²) in [5.74, 6) is 0.749. The number of rotatable bonds is 3. The van der Waals surface area contributed by atoms with E-state index in [-0.39, 0.29) is 0 Å². The lowest BCUT2D eigenvalue weighted by Gasteiger charge is -2.04. The first kappa shape index (κ1) is 10.6. The molecule has 3 rings (SSSR count). The number of nitrogens with zero attached hydrogens (tertiary/aromatic N) is 6. The summed E-state index contributed by atoms with van der Waals surface area (Å²) in [6.07, 6.45) is 4.91. The van der Waals surface area contributed by atoms with Crippen LogP contribution in [0.5, 0.6) is 0 Å². The van der Waals surface area contributed by atoms with Gasteiger partial charge in [-0.2, -0.15) is 15.3 Å². The minimum atomic E-state index is 0.564. The van der Waals surface area contributed by atoms with E-state index in [1.165, 1.54) is 6.33 Å². The Labute approximate surface area is 103 Å². The van der Waals surface area contributed by atoms with E-state index in [9.17, 15) is 0 Å². The lowest BCUT2D eigenvalue weighted by molar-refractivity contribution is 0.785. The van der Waals surface area contributed by atoms with Gasteiger partial charge in [-0.05, 0) is 12.1 Å². The molecule has 0 aliphatic heterocycles. The largest absolute Gasteiger partial charge is 0.364 e. The molecule has 3 aromatic rings. The van der Waals surface area contributed by atoms with Crippen LogP contribution in [-0.2, 0) is 13.6 Å². The van der Waals surface area contributed by atoms with Gasteiger partial charge in [-0.1, -0.05) is 0 Å². The van der Waals surface area contributed by atoms with Crippen LogP contribution in [-0.4, -0.2) is 29.9 Å². The molecule has 0 aliphatic rings. The van der Waals surface area contributed by atoms with Gasteiger partial charge in [0.15, 0.2) is 5.65 Å². The van der Waals surface area contributed by atoms with Crippen LogP contribution >= 0.6 is 0 Å². The Morgan fingerprint density at radius 2 is 2.28 bits per heavy atom. The molecule has 0 spiro atoms. The quantitative estimate of drug-likeness (QED) is 0.729. The van der Waals surface area contributed by atoms with Crippen LogP contribution in [0.3, 0.4) is 0 Å². The second-order valence-corrected chi connectivity index (χ2v) is 3.80. The Bertz CT molecular complexity index is 661. The van der Waals surface area contributed by atoms with Crippen molar-refractivity contribution >= 4 is 16.9 Å². The minimum Gasteiger partial charge on any atom is -0.364 e. The molecule has 0 amide bonds.